The molecule has 3 aromatic rings. The Bertz CT molecular complexity index is 738. The minimum absolute atomic E-state index is 0.136. The molecule has 3 rings (SSSR count). The fraction of sp³-hybridized carbons (Fsp3) is 0.118. The first-order valence-corrected chi connectivity index (χ1v) is 7.05. The Balaban J connectivity index is 1.60. The van der Waals surface area contributed by atoms with Gasteiger partial charge in [-0.15, -0.1) is 0 Å². The van der Waals surface area contributed by atoms with Crippen LogP contribution in [-0.2, 0) is 13.1 Å². The molecule has 5 heteroatoms. The molecule has 2 heterocycles. The van der Waals surface area contributed by atoms with E-state index in [1.807, 2.05) is 42.5 Å². The fourth-order valence-corrected chi connectivity index (χ4v) is 2.12. The second-order valence-electron chi connectivity index (χ2n) is 4.96. The highest BCUT2D eigenvalue weighted by Gasteiger charge is 2.08. The van der Waals surface area contributed by atoms with E-state index in [0.717, 1.165) is 11.1 Å². The molecular weight excluding hydrogens is 276 g/mol. The molecule has 0 saturated heterocycles. The summed E-state index contributed by atoms with van der Waals surface area (Å²) in [5.74, 6) is -0.136. The van der Waals surface area contributed by atoms with Crippen molar-refractivity contribution in [2.45, 2.75) is 13.1 Å². The van der Waals surface area contributed by atoms with E-state index in [0.29, 0.717) is 18.7 Å². The number of carbonyl (C=O) groups excluding carboxylic acids is 1. The van der Waals surface area contributed by atoms with Gasteiger partial charge in [0.2, 0.25) is 0 Å². The molecule has 0 bridgehead atoms. The Morgan fingerprint density at radius 3 is 2.64 bits per heavy atom. The summed E-state index contributed by atoms with van der Waals surface area (Å²) in [5.41, 5.74) is 2.67. The van der Waals surface area contributed by atoms with Crippen molar-refractivity contribution in [3.05, 3.63) is 83.9 Å². The van der Waals surface area contributed by atoms with E-state index in [1.54, 1.807) is 29.5 Å². The summed E-state index contributed by atoms with van der Waals surface area (Å²) >= 11 is 0. The highest BCUT2D eigenvalue weighted by molar-refractivity contribution is 5.93. The highest BCUT2D eigenvalue weighted by Crippen LogP contribution is 2.04. The molecule has 0 saturated carbocycles. The van der Waals surface area contributed by atoms with Gasteiger partial charge in [0.25, 0.3) is 5.91 Å². The molecule has 5 nitrogen and oxygen atoms in total. The second kappa shape index (κ2) is 6.67. The van der Waals surface area contributed by atoms with E-state index in [1.165, 1.54) is 0 Å². The smallest absolute Gasteiger partial charge is 0.254 e. The van der Waals surface area contributed by atoms with Gasteiger partial charge in [0, 0.05) is 25.1 Å². The molecule has 1 N–H and O–H groups in total. The van der Waals surface area contributed by atoms with Crippen LogP contribution in [0.2, 0.25) is 0 Å². The lowest BCUT2D eigenvalue weighted by atomic mass is 10.2. The van der Waals surface area contributed by atoms with Gasteiger partial charge in [-0.2, -0.15) is 5.10 Å². The third kappa shape index (κ3) is 3.58. The molecule has 0 aliphatic rings. The number of aromatic nitrogens is 3. The van der Waals surface area contributed by atoms with E-state index >= 15 is 0 Å². The molecule has 0 fully saturated rings. The maximum Gasteiger partial charge on any atom is 0.254 e. The quantitative estimate of drug-likeness (QED) is 0.784. The van der Waals surface area contributed by atoms with Gasteiger partial charge < -0.3 is 5.32 Å². The largest absolute Gasteiger partial charge is 0.348 e. The summed E-state index contributed by atoms with van der Waals surface area (Å²) in [5, 5.41) is 7.09. The topological polar surface area (TPSA) is 59.8 Å². The van der Waals surface area contributed by atoms with Crippen molar-refractivity contribution in [2.75, 3.05) is 0 Å². The molecule has 1 amide bonds. The predicted octanol–water partition coefficient (Wildman–Crippen LogP) is 2.26. The molecule has 0 aliphatic carbocycles. The van der Waals surface area contributed by atoms with Gasteiger partial charge in [0.1, 0.15) is 0 Å². The van der Waals surface area contributed by atoms with Crippen molar-refractivity contribution in [3.63, 3.8) is 0 Å². The van der Waals surface area contributed by atoms with Crippen LogP contribution in [0, 0.1) is 0 Å². The fourth-order valence-electron chi connectivity index (χ4n) is 2.12. The minimum atomic E-state index is -0.136. The normalized spacial score (nSPS) is 10.4. The van der Waals surface area contributed by atoms with Crippen LogP contribution in [0.1, 0.15) is 21.5 Å². The number of nitrogens with zero attached hydrogens (tertiary/aromatic N) is 3. The van der Waals surface area contributed by atoms with Crippen molar-refractivity contribution in [3.8, 4) is 0 Å². The van der Waals surface area contributed by atoms with Crippen LogP contribution in [-0.4, -0.2) is 20.7 Å². The van der Waals surface area contributed by atoms with E-state index in [4.69, 9.17) is 0 Å². The van der Waals surface area contributed by atoms with Gasteiger partial charge in [-0.1, -0.05) is 36.4 Å². The maximum absolute atomic E-state index is 12.1. The van der Waals surface area contributed by atoms with E-state index < -0.39 is 0 Å². The minimum Gasteiger partial charge on any atom is -0.348 e. The summed E-state index contributed by atoms with van der Waals surface area (Å²) < 4.78 is 1.76. The van der Waals surface area contributed by atoms with E-state index in [9.17, 15) is 4.79 Å². The van der Waals surface area contributed by atoms with Crippen LogP contribution in [0.5, 0.6) is 0 Å². The lowest BCUT2D eigenvalue weighted by Crippen LogP contribution is -2.22. The zero-order valence-corrected chi connectivity index (χ0v) is 12.0. The van der Waals surface area contributed by atoms with Crippen molar-refractivity contribution < 1.29 is 4.79 Å². The molecule has 2 aromatic heterocycles. The maximum atomic E-state index is 12.1. The van der Waals surface area contributed by atoms with Crippen molar-refractivity contribution >= 4 is 5.91 Å². The van der Waals surface area contributed by atoms with Gasteiger partial charge >= 0.3 is 0 Å². The number of hydrogen-bond acceptors (Lipinski definition) is 3. The zero-order chi connectivity index (χ0) is 15.2. The average Bonchev–Trinajstić information content (AvgIpc) is 3.03. The van der Waals surface area contributed by atoms with Gasteiger partial charge in [0.15, 0.2) is 0 Å². The first kappa shape index (κ1) is 14.0. The molecule has 0 spiro atoms. The summed E-state index contributed by atoms with van der Waals surface area (Å²) in [6.45, 7) is 1.10. The van der Waals surface area contributed by atoms with Crippen molar-refractivity contribution in [2.24, 2.45) is 0 Å². The van der Waals surface area contributed by atoms with E-state index in [-0.39, 0.29) is 5.91 Å². The molecule has 0 radical (unpaired) electrons. The van der Waals surface area contributed by atoms with Crippen molar-refractivity contribution in [1.29, 1.82) is 0 Å². The van der Waals surface area contributed by atoms with E-state index in [2.05, 4.69) is 15.4 Å². The monoisotopic (exact) mass is 292 g/mol. The van der Waals surface area contributed by atoms with Crippen LogP contribution in [0.15, 0.2) is 67.3 Å². The highest BCUT2D eigenvalue weighted by atomic mass is 16.1. The Hall–Kier alpha value is -2.95. The number of benzene rings is 1. The van der Waals surface area contributed by atoms with Gasteiger partial charge in [0.05, 0.1) is 18.3 Å². The molecule has 22 heavy (non-hydrogen) atoms. The lowest BCUT2D eigenvalue weighted by molar-refractivity contribution is 0.0951. The molecule has 1 aromatic carbocycles. The first-order chi connectivity index (χ1) is 10.8. The Kier molecular flexibility index (Phi) is 4.25. The summed E-state index contributed by atoms with van der Waals surface area (Å²) in [4.78, 5) is 16.1. The van der Waals surface area contributed by atoms with Crippen LogP contribution in [0.4, 0.5) is 0 Å². The van der Waals surface area contributed by atoms with Gasteiger partial charge in [-0.05, 0) is 17.2 Å². The van der Waals surface area contributed by atoms with Crippen LogP contribution >= 0.6 is 0 Å². The molecule has 0 aliphatic heterocycles. The first-order valence-electron chi connectivity index (χ1n) is 7.05. The number of amides is 1. The molecule has 110 valence electrons. The number of pyridine rings is 1. The average molecular weight is 292 g/mol. The number of nitrogens with one attached hydrogen (secondary N) is 1. The van der Waals surface area contributed by atoms with Crippen LogP contribution in [0.25, 0.3) is 0 Å². The van der Waals surface area contributed by atoms with Crippen molar-refractivity contribution in [1.82, 2.24) is 20.1 Å². The zero-order valence-electron chi connectivity index (χ0n) is 12.0. The number of hydrogen-bond donors (Lipinski definition) is 1. The second-order valence-corrected chi connectivity index (χ2v) is 4.96. The standard InChI is InChI=1S/C17H16N4O/c22-17(19-10-15-7-4-8-18-9-15)16-11-20-21(13-16)12-14-5-2-1-3-6-14/h1-9,11,13H,10,12H2,(H,19,22). The summed E-state index contributed by atoms with van der Waals surface area (Å²) in [7, 11) is 0. The van der Waals surface area contributed by atoms with Crippen LogP contribution in [0.3, 0.4) is 0 Å². The molecule has 0 atom stereocenters. The summed E-state index contributed by atoms with van der Waals surface area (Å²) in [6, 6.07) is 13.8. The Labute approximate surface area is 128 Å². The van der Waals surface area contributed by atoms with Gasteiger partial charge in [-0.3, -0.25) is 14.5 Å². The lowest BCUT2D eigenvalue weighted by Gasteiger charge is -2.03. The molecule has 0 unspecified atom stereocenters. The number of carbonyl (C=O) groups is 1. The van der Waals surface area contributed by atoms with Gasteiger partial charge in [-0.25, -0.2) is 0 Å². The summed E-state index contributed by atoms with van der Waals surface area (Å²) in [6.07, 6.45) is 6.78. The number of rotatable bonds is 5. The Morgan fingerprint density at radius 1 is 1.05 bits per heavy atom. The third-order valence-electron chi connectivity index (χ3n) is 3.26. The van der Waals surface area contributed by atoms with Crippen LogP contribution < -0.4 is 5.32 Å². The molecular formula is C17H16N4O. The predicted molar refractivity (Wildman–Crippen MR) is 83.2 cm³/mol. The SMILES string of the molecule is O=C(NCc1cccnc1)c1cnn(Cc2ccccc2)c1. The third-order valence-corrected chi connectivity index (χ3v) is 3.26. The Morgan fingerprint density at radius 2 is 1.86 bits per heavy atom.